The molecule has 6 heteroatoms. The lowest BCUT2D eigenvalue weighted by Gasteiger charge is -2.49. The van der Waals surface area contributed by atoms with E-state index in [1.54, 1.807) is 24.3 Å². The highest BCUT2D eigenvalue weighted by molar-refractivity contribution is 5.78. The van der Waals surface area contributed by atoms with Gasteiger partial charge in [-0.3, -0.25) is 4.79 Å². The van der Waals surface area contributed by atoms with Crippen molar-refractivity contribution in [2.75, 3.05) is 20.1 Å². The zero-order valence-corrected chi connectivity index (χ0v) is 18.1. The molecule has 3 N–H and O–H groups in total. The van der Waals surface area contributed by atoms with Gasteiger partial charge in [-0.15, -0.1) is 0 Å². The molecule has 0 radical (unpaired) electrons. The van der Waals surface area contributed by atoms with Crippen molar-refractivity contribution in [3.8, 4) is 5.75 Å². The van der Waals surface area contributed by atoms with Gasteiger partial charge in [0.2, 0.25) is 0 Å². The summed E-state index contributed by atoms with van der Waals surface area (Å²) in [5, 5.41) is 31.6. The highest BCUT2D eigenvalue weighted by atomic mass is 16.6. The van der Waals surface area contributed by atoms with E-state index in [1.807, 2.05) is 11.9 Å². The summed E-state index contributed by atoms with van der Waals surface area (Å²) in [5.41, 5.74) is 1.92. The molecule has 6 nitrogen and oxygen atoms in total. The first kappa shape index (κ1) is 21.3. The van der Waals surface area contributed by atoms with E-state index < -0.39 is 23.7 Å². The molecule has 1 saturated carbocycles. The van der Waals surface area contributed by atoms with E-state index in [1.165, 1.54) is 5.57 Å². The quantitative estimate of drug-likeness (QED) is 0.506. The number of benzene rings is 1. The lowest BCUT2D eigenvalue weighted by atomic mass is 9.58. The van der Waals surface area contributed by atoms with Crippen molar-refractivity contribution < 1.29 is 24.9 Å². The zero-order chi connectivity index (χ0) is 21.7. The van der Waals surface area contributed by atoms with Gasteiger partial charge in [-0.1, -0.05) is 24.6 Å². The molecule has 2 aliphatic carbocycles. The van der Waals surface area contributed by atoms with Gasteiger partial charge < -0.3 is 25.0 Å². The molecule has 30 heavy (non-hydrogen) atoms. The van der Waals surface area contributed by atoms with Crippen molar-refractivity contribution in [3.05, 3.63) is 41.0 Å². The number of fused-ring (bicyclic) bond motifs is 3. The number of likely N-dealkylation sites (N-methyl/N-ethyl adjacent to an activating group) is 1. The number of ether oxygens (including phenoxy) is 1. The molecule has 4 rings (SSSR count). The minimum absolute atomic E-state index is 0.00929. The monoisotopic (exact) mass is 415 g/mol. The van der Waals surface area contributed by atoms with Gasteiger partial charge in [0, 0.05) is 13.1 Å². The largest absolute Gasteiger partial charge is 0.508 e. The van der Waals surface area contributed by atoms with Gasteiger partial charge in [-0.05, 0) is 74.8 Å². The van der Waals surface area contributed by atoms with Crippen molar-refractivity contribution in [2.24, 2.45) is 11.3 Å². The van der Waals surface area contributed by atoms with Crippen molar-refractivity contribution in [1.82, 2.24) is 4.90 Å². The van der Waals surface area contributed by atoms with Crippen LogP contribution in [-0.2, 0) is 9.53 Å². The summed E-state index contributed by atoms with van der Waals surface area (Å²) < 4.78 is 5.83. The van der Waals surface area contributed by atoms with Crippen LogP contribution in [0.1, 0.15) is 57.6 Å². The number of aliphatic hydroxyl groups is 2. The fraction of sp³-hybridized carbons (Fsp3) is 0.625. The number of phenols is 1. The number of allylic oxidation sites excluding steroid dienone is 1. The molecule has 0 amide bonds. The molecule has 5 atom stereocenters. The standard InChI is InChI=1S/C24H33NO5/c1-15-5-4-10-23(2)11-12-24(29)18(22(28)30-21(24)20(15)23)13-25(3)14-19(27)16-6-8-17(26)9-7-16/h6-9,18-19,21,26-27,29H,4-5,10-14H2,1-3H3/t18?,19?,21-,23+,24?/m0/s1. The van der Waals surface area contributed by atoms with Crippen LogP contribution in [0.3, 0.4) is 0 Å². The van der Waals surface area contributed by atoms with E-state index in [0.717, 1.165) is 31.3 Å². The van der Waals surface area contributed by atoms with E-state index in [9.17, 15) is 20.1 Å². The summed E-state index contributed by atoms with van der Waals surface area (Å²) in [6.07, 6.45) is 3.33. The van der Waals surface area contributed by atoms with Gasteiger partial charge >= 0.3 is 5.97 Å². The van der Waals surface area contributed by atoms with Crippen LogP contribution in [0.15, 0.2) is 35.4 Å². The topological polar surface area (TPSA) is 90.2 Å². The number of esters is 1. The third kappa shape index (κ3) is 3.55. The number of hydrogen-bond acceptors (Lipinski definition) is 6. The maximum absolute atomic E-state index is 12.8. The van der Waals surface area contributed by atoms with Crippen LogP contribution in [0.25, 0.3) is 0 Å². The predicted octanol–water partition coefficient (Wildman–Crippen LogP) is 2.93. The van der Waals surface area contributed by atoms with Gasteiger partial charge in [-0.25, -0.2) is 0 Å². The number of aliphatic hydroxyl groups excluding tert-OH is 1. The molecule has 1 aliphatic heterocycles. The molecule has 1 saturated heterocycles. The van der Waals surface area contributed by atoms with Gasteiger partial charge in [0.15, 0.2) is 6.10 Å². The van der Waals surface area contributed by atoms with E-state index in [4.69, 9.17) is 4.74 Å². The van der Waals surface area contributed by atoms with Crippen LogP contribution in [0, 0.1) is 11.3 Å². The first-order chi connectivity index (χ1) is 14.1. The third-order valence-electron chi connectivity index (χ3n) is 7.56. The van der Waals surface area contributed by atoms with Gasteiger partial charge in [-0.2, -0.15) is 0 Å². The number of rotatable bonds is 5. The summed E-state index contributed by atoms with van der Waals surface area (Å²) in [5.74, 6) is -0.826. The van der Waals surface area contributed by atoms with E-state index in [0.29, 0.717) is 25.1 Å². The minimum atomic E-state index is -1.19. The second-order valence-corrected chi connectivity index (χ2v) is 9.80. The Bertz CT molecular complexity index is 850. The maximum atomic E-state index is 12.8. The lowest BCUT2D eigenvalue weighted by Crippen LogP contribution is -2.55. The molecule has 1 aromatic carbocycles. The average molecular weight is 416 g/mol. The second-order valence-electron chi connectivity index (χ2n) is 9.80. The molecule has 0 aromatic heterocycles. The molecule has 3 unspecified atom stereocenters. The SMILES string of the molecule is CC1=C2[C@@H]3OC(=O)C(CN(C)CC(O)c4ccc(O)cc4)C3(O)CC[C@@]2(C)CCC1. The summed E-state index contributed by atoms with van der Waals surface area (Å²) in [7, 11) is 1.84. The Kier molecular flexibility index (Phi) is 5.45. The summed E-state index contributed by atoms with van der Waals surface area (Å²) >= 11 is 0. The zero-order valence-electron chi connectivity index (χ0n) is 18.1. The summed E-state index contributed by atoms with van der Waals surface area (Å²) in [6.45, 7) is 4.99. The van der Waals surface area contributed by atoms with Gasteiger partial charge in [0.05, 0.1) is 6.10 Å². The molecule has 0 spiro atoms. The van der Waals surface area contributed by atoms with Crippen molar-refractivity contribution in [3.63, 3.8) is 0 Å². The second kappa shape index (κ2) is 7.66. The van der Waals surface area contributed by atoms with Crippen molar-refractivity contribution in [1.29, 1.82) is 0 Å². The highest BCUT2D eigenvalue weighted by Crippen LogP contribution is 2.57. The molecular weight excluding hydrogens is 382 g/mol. The predicted molar refractivity (Wildman–Crippen MR) is 113 cm³/mol. The number of hydrogen-bond donors (Lipinski definition) is 3. The number of aromatic hydroxyl groups is 1. The Morgan fingerprint density at radius 2 is 1.93 bits per heavy atom. The maximum Gasteiger partial charge on any atom is 0.314 e. The molecule has 164 valence electrons. The van der Waals surface area contributed by atoms with Crippen LogP contribution in [0.4, 0.5) is 0 Å². The third-order valence-corrected chi connectivity index (χ3v) is 7.56. The number of carbonyl (C=O) groups excluding carboxylic acids is 1. The molecule has 1 aromatic rings. The van der Waals surface area contributed by atoms with Crippen LogP contribution in [-0.4, -0.2) is 58.0 Å². The number of carbonyl (C=O) groups is 1. The van der Waals surface area contributed by atoms with Gasteiger partial charge in [0.1, 0.15) is 17.3 Å². The number of phenolic OH excluding ortho intramolecular Hbond substituents is 1. The van der Waals surface area contributed by atoms with Crippen LogP contribution >= 0.6 is 0 Å². The van der Waals surface area contributed by atoms with Crippen LogP contribution < -0.4 is 0 Å². The van der Waals surface area contributed by atoms with Crippen molar-refractivity contribution >= 4 is 5.97 Å². The van der Waals surface area contributed by atoms with Gasteiger partial charge in [0.25, 0.3) is 0 Å². The summed E-state index contributed by atoms with van der Waals surface area (Å²) in [6, 6.07) is 6.45. The van der Waals surface area contributed by atoms with Crippen LogP contribution in [0.5, 0.6) is 5.75 Å². The van der Waals surface area contributed by atoms with E-state index in [2.05, 4.69) is 13.8 Å². The average Bonchev–Trinajstić information content (AvgIpc) is 2.93. The molecule has 2 fully saturated rings. The highest BCUT2D eigenvalue weighted by Gasteiger charge is 2.63. The minimum Gasteiger partial charge on any atom is -0.508 e. The smallest absolute Gasteiger partial charge is 0.314 e. The van der Waals surface area contributed by atoms with E-state index >= 15 is 0 Å². The molecule has 1 heterocycles. The lowest BCUT2D eigenvalue weighted by molar-refractivity contribution is -0.144. The van der Waals surface area contributed by atoms with E-state index in [-0.39, 0.29) is 17.1 Å². The Morgan fingerprint density at radius 3 is 2.63 bits per heavy atom. The molecule has 0 bridgehead atoms. The molecular formula is C24H33NO5. The Morgan fingerprint density at radius 1 is 1.23 bits per heavy atom. The first-order valence-corrected chi connectivity index (χ1v) is 10.9. The Labute approximate surface area is 178 Å². The fourth-order valence-corrected chi connectivity index (χ4v) is 5.82. The summed E-state index contributed by atoms with van der Waals surface area (Å²) in [4.78, 5) is 14.7. The van der Waals surface area contributed by atoms with Crippen molar-refractivity contribution in [2.45, 2.75) is 63.8 Å². The Hall–Kier alpha value is -1.89. The van der Waals surface area contributed by atoms with Crippen LogP contribution in [0.2, 0.25) is 0 Å². The first-order valence-electron chi connectivity index (χ1n) is 10.9. The molecule has 3 aliphatic rings. The normalized spacial score (nSPS) is 34.5. The number of nitrogens with zero attached hydrogens (tertiary/aromatic N) is 1. The fourth-order valence-electron chi connectivity index (χ4n) is 5.82. The Balaban J connectivity index is 1.50.